The van der Waals surface area contributed by atoms with E-state index in [9.17, 15) is 15.0 Å². The molecule has 6 rings (SSSR count). The third-order valence-corrected chi connectivity index (χ3v) is 13.6. The minimum atomic E-state index is -2.64. The van der Waals surface area contributed by atoms with Crippen LogP contribution in [0.25, 0.3) is 0 Å². The van der Waals surface area contributed by atoms with E-state index in [0.717, 1.165) is 32.1 Å². The van der Waals surface area contributed by atoms with Gasteiger partial charge in [-0.05, 0) is 93.0 Å². The maximum atomic E-state index is 15.2. The number of aliphatic hydroxyl groups excluding tert-OH is 1. The van der Waals surface area contributed by atoms with Gasteiger partial charge in [-0.2, -0.15) is 0 Å². The van der Waals surface area contributed by atoms with E-state index in [0.29, 0.717) is 18.6 Å². The zero-order valence-electron chi connectivity index (χ0n) is 25.0. The molecule has 0 saturated heterocycles. The molecule has 10 unspecified atom stereocenters. The summed E-state index contributed by atoms with van der Waals surface area (Å²) in [5.74, 6) is -2.18. The summed E-state index contributed by atoms with van der Waals surface area (Å²) in [5, 5.41) is 23.1. The predicted molar refractivity (Wildman–Crippen MR) is 143 cm³/mol. The van der Waals surface area contributed by atoms with Crippen molar-refractivity contribution in [3.05, 3.63) is 11.3 Å². The van der Waals surface area contributed by atoms with Gasteiger partial charge in [0, 0.05) is 29.6 Å². The first-order chi connectivity index (χ1) is 17.8. The quantitative estimate of drug-likeness (QED) is 0.398. The smallest absolute Gasteiger partial charge is 0.303 e. The molecule has 0 aromatic carbocycles. The molecule has 0 bridgehead atoms. The van der Waals surface area contributed by atoms with Crippen LogP contribution in [0.15, 0.2) is 11.3 Å². The monoisotopic (exact) mass is 550 g/mol. The molecule has 5 nitrogen and oxygen atoms in total. The molecule has 0 aromatic rings. The van der Waals surface area contributed by atoms with Gasteiger partial charge in [0.15, 0.2) is 6.10 Å². The van der Waals surface area contributed by atoms with Gasteiger partial charge in [-0.25, -0.2) is 8.78 Å². The second-order valence-electron chi connectivity index (χ2n) is 15.9. The van der Waals surface area contributed by atoms with Crippen molar-refractivity contribution in [2.75, 3.05) is 0 Å². The Kier molecular flexibility index (Phi) is 5.58. The van der Waals surface area contributed by atoms with Crippen LogP contribution in [0, 0.1) is 44.8 Å². The highest BCUT2D eigenvalue weighted by atomic mass is 19.3. The molecule has 2 N–H and O–H groups in total. The molecule has 6 aliphatic rings. The molecule has 10 atom stereocenters. The number of alkyl halides is 2. The van der Waals surface area contributed by atoms with E-state index in [1.807, 2.05) is 0 Å². The molecule has 1 heterocycles. The summed E-state index contributed by atoms with van der Waals surface area (Å²) in [6.45, 7) is 14.9. The molecule has 0 radical (unpaired) electrons. The largest absolute Gasteiger partial charge is 0.488 e. The summed E-state index contributed by atoms with van der Waals surface area (Å²) in [4.78, 5) is 11.9. The van der Waals surface area contributed by atoms with Crippen molar-refractivity contribution in [2.45, 2.75) is 137 Å². The van der Waals surface area contributed by atoms with E-state index >= 15 is 8.78 Å². The Bertz CT molecular complexity index is 1120. The second-order valence-corrected chi connectivity index (χ2v) is 15.9. The van der Waals surface area contributed by atoms with Crippen molar-refractivity contribution < 1.29 is 33.3 Å². The Morgan fingerprint density at radius 2 is 1.64 bits per heavy atom. The summed E-state index contributed by atoms with van der Waals surface area (Å²) in [6, 6.07) is 0. The van der Waals surface area contributed by atoms with E-state index in [2.05, 4.69) is 20.8 Å². The predicted octanol–water partition coefficient (Wildman–Crippen LogP) is 6.41. The first-order valence-corrected chi connectivity index (χ1v) is 15.2. The number of hydrogen-bond donors (Lipinski definition) is 2. The van der Waals surface area contributed by atoms with Crippen LogP contribution in [0.5, 0.6) is 0 Å². The Hall–Kier alpha value is -1.21. The van der Waals surface area contributed by atoms with Crippen molar-refractivity contribution in [1.82, 2.24) is 0 Å². The fraction of sp³-hybridized carbons (Fsp3) is 0.906. The van der Waals surface area contributed by atoms with Crippen LogP contribution < -0.4 is 0 Å². The third kappa shape index (κ3) is 3.16. The number of hydrogen-bond acceptors (Lipinski definition) is 5. The van der Waals surface area contributed by atoms with Crippen molar-refractivity contribution in [1.29, 1.82) is 0 Å². The van der Waals surface area contributed by atoms with Gasteiger partial charge < -0.3 is 19.7 Å². The van der Waals surface area contributed by atoms with Crippen LogP contribution in [0.4, 0.5) is 8.78 Å². The lowest BCUT2D eigenvalue weighted by molar-refractivity contribution is -0.220. The molecule has 2 spiro atoms. The summed E-state index contributed by atoms with van der Waals surface area (Å²) in [6.07, 6.45) is 3.46. The van der Waals surface area contributed by atoms with Gasteiger partial charge in [-0.3, -0.25) is 4.79 Å². The molecule has 4 fully saturated rings. The zero-order valence-corrected chi connectivity index (χ0v) is 25.0. The van der Waals surface area contributed by atoms with Crippen LogP contribution in [0.2, 0.25) is 0 Å². The third-order valence-electron chi connectivity index (χ3n) is 13.6. The number of ether oxygens (including phenoxy) is 2. The lowest BCUT2D eigenvalue weighted by Gasteiger charge is -2.63. The highest BCUT2D eigenvalue weighted by Gasteiger charge is 2.85. The topological polar surface area (TPSA) is 76.0 Å². The highest BCUT2D eigenvalue weighted by molar-refractivity contribution is 5.66. The number of carbonyl (C=O) groups excluding carboxylic acids is 1. The fourth-order valence-electron chi connectivity index (χ4n) is 11.6. The van der Waals surface area contributed by atoms with Crippen molar-refractivity contribution in [3.63, 3.8) is 0 Å². The van der Waals surface area contributed by atoms with Crippen molar-refractivity contribution in [3.8, 4) is 0 Å². The number of allylic oxidation sites excluding steroid dienone is 1. The molecule has 0 amide bonds. The lowest BCUT2D eigenvalue weighted by atomic mass is 9.41. The summed E-state index contributed by atoms with van der Waals surface area (Å²) < 4.78 is 42.5. The minimum Gasteiger partial charge on any atom is -0.488 e. The van der Waals surface area contributed by atoms with Gasteiger partial charge in [-0.15, -0.1) is 0 Å². The highest BCUT2D eigenvalue weighted by Crippen LogP contribution is 2.89. The average molecular weight is 551 g/mol. The van der Waals surface area contributed by atoms with Crippen molar-refractivity contribution in [2.24, 2.45) is 44.8 Å². The molecule has 39 heavy (non-hydrogen) atoms. The standard InChI is InChI=1S/C32H48F2O5/c1-17-15-19(25(27(5,6)37)38-18(2)35)39-23-22(17)28(7)11-12-31-16-30(31)13-14-32(33,34)26(3,4)20(30)9-10-21(31)29(28,8)24(23)36/h17,19-21,24-25,36-37H,9-16H2,1-8H3. The van der Waals surface area contributed by atoms with E-state index in [-0.39, 0.29) is 40.4 Å². The van der Waals surface area contributed by atoms with Crippen LogP contribution in [0.3, 0.4) is 0 Å². The Balaban J connectivity index is 1.36. The van der Waals surface area contributed by atoms with Gasteiger partial charge in [0.1, 0.15) is 18.0 Å². The Morgan fingerprint density at radius 1 is 1.05 bits per heavy atom. The van der Waals surface area contributed by atoms with Crippen LogP contribution in [0.1, 0.15) is 107 Å². The zero-order chi connectivity index (χ0) is 28.8. The average Bonchev–Trinajstić information content (AvgIpc) is 3.45. The maximum Gasteiger partial charge on any atom is 0.303 e. The molecule has 5 aliphatic carbocycles. The fourth-order valence-corrected chi connectivity index (χ4v) is 11.6. The van der Waals surface area contributed by atoms with Gasteiger partial charge in [-0.1, -0.05) is 34.6 Å². The molecular weight excluding hydrogens is 502 g/mol. The van der Waals surface area contributed by atoms with E-state index in [4.69, 9.17) is 9.47 Å². The van der Waals surface area contributed by atoms with Crippen molar-refractivity contribution >= 4 is 5.97 Å². The molecule has 220 valence electrons. The number of fused-ring (bicyclic) bond motifs is 3. The summed E-state index contributed by atoms with van der Waals surface area (Å²) >= 11 is 0. The number of esters is 1. The van der Waals surface area contributed by atoms with E-state index in [1.54, 1.807) is 27.7 Å². The van der Waals surface area contributed by atoms with Gasteiger partial charge in [0.25, 0.3) is 5.92 Å². The first-order valence-electron chi connectivity index (χ1n) is 15.2. The van der Waals surface area contributed by atoms with Crippen LogP contribution >= 0.6 is 0 Å². The SMILES string of the molecule is CC(=O)OC(C1CC(C)C2=C(O1)C(O)C1(C)C3CCC4C(C)(C)C(F)(F)CCC45CC35CCC21C)C(C)(C)O. The van der Waals surface area contributed by atoms with Gasteiger partial charge >= 0.3 is 5.97 Å². The van der Waals surface area contributed by atoms with Gasteiger partial charge in [0.2, 0.25) is 0 Å². The molecule has 1 aliphatic heterocycles. The Morgan fingerprint density at radius 3 is 2.26 bits per heavy atom. The molecule has 0 aromatic heterocycles. The normalized spacial score (nSPS) is 49.9. The van der Waals surface area contributed by atoms with E-state index in [1.165, 1.54) is 12.5 Å². The van der Waals surface area contributed by atoms with Crippen LogP contribution in [-0.2, 0) is 14.3 Å². The van der Waals surface area contributed by atoms with E-state index < -0.39 is 46.6 Å². The maximum absolute atomic E-state index is 15.2. The number of aliphatic hydroxyl groups is 2. The number of halogens is 2. The number of rotatable bonds is 3. The first kappa shape index (κ1) is 27.9. The Labute approximate surface area is 232 Å². The second kappa shape index (κ2) is 7.79. The summed E-state index contributed by atoms with van der Waals surface area (Å²) in [7, 11) is 0. The molecule has 7 heteroatoms. The number of carbonyl (C=O) groups is 1. The van der Waals surface area contributed by atoms with Crippen LogP contribution in [-0.4, -0.2) is 46.0 Å². The minimum absolute atomic E-state index is 0.00352. The van der Waals surface area contributed by atoms with Gasteiger partial charge in [0.05, 0.1) is 5.60 Å². The molecule has 4 saturated carbocycles. The summed E-state index contributed by atoms with van der Waals surface area (Å²) in [5.41, 5.74) is -1.93. The lowest BCUT2D eigenvalue weighted by Crippen LogP contribution is -2.60. The molecular formula is C32H48F2O5.